The van der Waals surface area contributed by atoms with Crippen LogP contribution in [0, 0.1) is 0 Å². The predicted molar refractivity (Wildman–Crippen MR) is 77.2 cm³/mol. The molecule has 1 atom stereocenters. The van der Waals surface area contributed by atoms with E-state index in [2.05, 4.69) is 17.1 Å². The van der Waals surface area contributed by atoms with E-state index in [4.69, 9.17) is 9.47 Å². The van der Waals surface area contributed by atoms with Crippen LogP contribution in [0.2, 0.25) is 0 Å². The highest BCUT2D eigenvalue weighted by molar-refractivity contribution is 4.66. The van der Waals surface area contributed by atoms with Crippen LogP contribution in [0.25, 0.3) is 0 Å². The second-order valence-electron chi connectivity index (χ2n) is 4.85. The van der Waals surface area contributed by atoms with Gasteiger partial charge >= 0.3 is 0 Å². The lowest BCUT2D eigenvalue weighted by atomic mass is 10.1. The van der Waals surface area contributed by atoms with Gasteiger partial charge < -0.3 is 14.8 Å². The van der Waals surface area contributed by atoms with Crippen molar-refractivity contribution in [2.75, 3.05) is 54.1 Å². The highest BCUT2D eigenvalue weighted by atomic mass is 16.5. The van der Waals surface area contributed by atoms with E-state index in [-0.39, 0.29) is 0 Å². The van der Waals surface area contributed by atoms with Gasteiger partial charge in [-0.1, -0.05) is 12.8 Å². The van der Waals surface area contributed by atoms with Crippen molar-refractivity contribution in [1.82, 2.24) is 10.2 Å². The van der Waals surface area contributed by atoms with Crippen molar-refractivity contribution in [2.24, 2.45) is 0 Å². The topological polar surface area (TPSA) is 33.7 Å². The third-order valence-electron chi connectivity index (χ3n) is 3.24. The smallest absolute Gasteiger partial charge is 0.0615 e. The number of hydrogen-bond donors (Lipinski definition) is 1. The number of unbranched alkanes of at least 4 members (excludes halogenated alkanes) is 3. The summed E-state index contributed by atoms with van der Waals surface area (Å²) < 4.78 is 10.4. The zero-order valence-corrected chi connectivity index (χ0v) is 12.7. The molecule has 0 saturated carbocycles. The Balaban J connectivity index is 3.71. The third kappa shape index (κ3) is 9.83. The molecule has 0 aromatic heterocycles. The maximum Gasteiger partial charge on any atom is 0.0615 e. The first-order valence-electron chi connectivity index (χ1n) is 7.12. The molecule has 0 heterocycles. The van der Waals surface area contributed by atoms with Crippen LogP contribution >= 0.6 is 0 Å². The summed E-state index contributed by atoms with van der Waals surface area (Å²) in [5, 5.41) is 3.19. The van der Waals surface area contributed by atoms with Gasteiger partial charge in [0.25, 0.3) is 0 Å². The van der Waals surface area contributed by atoms with Gasteiger partial charge in [0.2, 0.25) is 0 Å². The second-order valence-corrected chi connectivity index (χ2v) is 4.85. The Hall–Kier alpha value is -0.160. The normalized spacial score (nSPS) is 13.2. The van der Waals surface area contributed by atoms with E-state index in [1.807, 2.05) is 7.05 Å². The van der Waals surface area contributed by atoms with E-state index in [1.54, 1.807) is 14.2 Å². The van der Waals surface area contributed by atoms with Crippen molar-refractivity contribution in [3.63, 3.8) is 0 Å². The molecule has 0 aliphatic carbocycles. The fourth-order valence-corrected chi connectivity index (χ4v) is 2.08. The molecule has 110 valence electrons. The predicted octanol–water partition coefficient (Wildman–Crippen LogP) is 1.75. The number of ether oxygens (including phenoxy) is 2. The molecule has 0 spiro atoms. The Morgan fingerprint density at radius 2 is 1.72 bits per heavy atom. The van der Waals surface area contributed by atoms with Gasteiger partial charge in [0.15, 0.2) is 0 Å². The van der Waals surface area contributed by atoms with Crippen LogP contribution in [0.5, 0.6) is 0 Å². The van der Waals surface area contributed by atoms with E-state index >= 15 is 0 Å². The van der Waals surface area contributed by atoms with Gasteiger partial charge in [-0.3, -0.25) is 4.90 Å². The Bertz CT molecular complexity index is 168. The maximum atomic E-state index is 5.23. The number of rotatable bonds is 13. The van der Waals surface area contributed by atoms with Crippen molar-refractivity contribution in [1.29, 1.82) is 0 Å². The average molecular weight is 260 g/mol. The van der Waals surface area contributed by atoms with Crippen LogP contribution < -0.4 is 5.32 Å². The molecule has 0 rings (SSSR count). The van der Waals surface area contributed by atoms with Crippen LogP contribution in [0.4, 0.5) is 0 Å². The summed E-state index contributed by atoms with van der Waals surface area (Å²) in [4.78, 5) is 2.46. The largest absolute Gasteiger partial charge is 0.383 e. The minimum absolute atomic E-state index is 0.474. The fourth-order valence-electron chi connectivity index (χ4n) is 2.08. The minimum Gasteiger partial charge on any atom is -0.383 e. The Morgan fingerprint density at radius 3 is 2.33 bits per heavy atom. The van der Waals surface area contributed by atoms with E-state index < -0.39 is 0 Å². The Morgan fingerprint density at radius 1 is 1.00 bits per heavy atom. The molecule has 1 N–H and O–H groups in total. The molecular weight excluding hydrogens is 228 g/mol. The molecule has 0 bridgehead atoms. The van der Waals surface area contributed by atoms with Crippen LogP contribution in [-0.2, 0) is 9.47 Å². The summed E-state index contributed by atoms with van der Waals surface area (Å²) >= 11 is 0. The molecule has 4 heteroatoms. The van der Waals surface area contributed by atoms with Crippen molar-refractivity contribution in [3.05, 3.63) is 0 Å². The summed E-state index contributed by atoms with van der Waals surface area (Å²) in [5.41, 5.74) is 0. The summed E-state index contributed by atoms with van der Waals surface area (Å²) in [6.45, 7) is 7.09. The molecule has 0 saturated heterocycles. The van der Waals surface area contributed by atoms with E-state index in [9.17, 15) is 0 Å². The maximum absolute atomic E-state index is 5.23. The van der Waals surface area contributed by atoms with Crippen LogP contribution in [0.15, 0.2) is 0 Å². The molecule has 0 aliphatic rings. The standard InChI is InChI=1S/C14H32N2O2/c1-14(13-18-4)16(11-12-17-3)10-8-6-5-7-9-15-2/h14-15H,5-13H2,1-4H3. The second kappa shape index (κ2) is 13.3. The quantitative estimate of drug-likeness (QED) is 0.512. The SMILES string of the molecule is CNCCCCCCN(CCOC)C(C)COC. The summed E-state index contributed by atoms with van der Waals surface area (Å²) in [5.74, 6) is 0. The summed E-state index contributed by atoms with van der Waals surface area (Å²) in [6.07, 6.45) is 5.17. The zero-order valence-electron chi connectivity index (χ0n) is 12.7. The molecule has 0 aromatic rings. The first-order valence-corrected chi connectivity index (χ1v) is 7.12. The van der Waals surface area contributed by atoms with Gasteiger partial charge in [-0.25, -0.2) is 0 Å². The number of nitrogens with one attached hydrogen (secondary N) is 1. The first-order chi connectivity index (χ1) is 8.76. The van der Waals surface area contributed by atoms with Crippen molar-refractivity contribution in [3.8, 4) is 0 Å². The molecule has 0 fully saturated rings. The Labute approximate surface area is 113 Å². The highest BCUT2D eigenvalue weighted by Gasteiger charge is 2.12. The van der Waals surface area contributed by atoms with Gasteiger partial charge in [-0.05, 0) is 39.9 Å². The number of methoxy groups -OCH3 is 2. The lowest BCUT2D eigenvalue weighted by molar-refractivity contribution is 0.0739. The van der Waals surface area contributed by atoms with Gasteiger partial charge in [0, 0.05) is 26.8 Å². The van der Waals surface area contributed by atoms with Crippen LogP contribution in [0.1, 0.15) is 32.6 Å². The van der Waals surface area contributed by atoms with Crippen LogP contribution in [-0.4, -0.2) is 65.1 Å². The van der Waals surface area contributed by atoms with Crippen molar-refractivity contribution < 1.29 is 9.47 Å². The monoisotopic (exact) mass is 260 g/mol. The molecule has 0 aliphatic heterocycles. The molecule has 1 unspecified atom stereocenters. The number of hydrogen-bond acceptors (Lipinski definition) is 4. The minimum atomic E-state index is 0.474. The fraction of sp³-hybridized carbons (Fsp3) is 1.00. The Kier molecular flexibility index (Phi) is 13.2. The van der Waals surface area contributed by atoms with Gasteiger partial charge in [-0.15, -0.1) is 0 Å². The van der Waals surface area contributed by atoms with E-state index in [0.717, 1.165) is 32.8 Å². The van der Waals surface area contributed by atoms with Gasteiger partial charge in [0.05, 0.1) is 13.2 Å². The molecule has 4 nitrogen and oxygen atoms in total. The molecule has 0 amide bonds. The third-order valence-corrected chi connectivity index (χ3v) is 3.24. The number of nitrogens with zero attached hydrogens (tertiary/aromatic N) is 1. The van der Waals surface area contributed by atoms with Crippen LogP contribution in [0.3, 0.4) is 0 Å². The van der Waals surface area contributed by atoms with Gasteiger partial charge in [-0.2, -0.15) is 0 Å². The summed E-state index contributed by atoms with van der Waals surface area (Å²) in [6, 6.07) is 0.474. The van der Waals surface area contributed by atoms with Gasteiger partial charge in [0.1, 0.15) is 0 Å². The molecule has 18 heavy (non-hydrogen) atoms. The van der Waals surface area contributed by atoms with E-state index in [1.165, 1.54) is 25.7 Å². The zero-order chi connectivity index (χ0) is 13.6. The lowest BCUT2D eigenvalue weighted by Crippen LogP contribution is -2.39. The first kappa shape index (κ1) is 17.8. The lowest BCUT2D eigenvalue weighted by Gasteiger charge is -2.28. The van der Waals surface area contributed by atoms with Crippen molar-refractivity contribution >= 4 is 0 Å². The molecular formula is C14H32N2O2. The molecule has 0 aromatic carbocycles. The van der Waals surface area contributed by atoms with Crippen molar-refractivity contribution in [2.45, 2.75) is 38.6 Å². The molecule has 0 radical (unpaired) electrons. The highest BCUT2D eigenvalue weighted by Crippen LogP contribution is 2.05. The average Bonchev–Trinajstić information content (AvgIpc) is 2.37. The van der Waals surface area contributed by atoms with E-state index in [0.29, 0.717) is 6.04 Å². The summed E-state index contributed by atoms with van der Waals surface area (Å²) in [7, 11) is 5.54.